The second-order valence-electron chi connectivity index (χ2n) is 6.51. The number of hydrogen-bond acceptors (Lipinski definition) is 0. The summed E-state index contributed by atoms with van der Waals surface area (Å²) >= 11 is 0. The van der Waals surface area contributed by atoms with E-state index in [0.717, 1.165) is 0 Å². The third-order valence-electron chi connectivity index (χ3n) is 2.94. The van der Waals surface area contributed by atoms with E-state index in [0.29, 0.717) is 11.3 Å². The van der Waals surface area contributed by atoms with Crippen molar-refractivity contribution in [3.05, 3.63) is 36.0 Å². The van der Waals surface area contributed by atoms with Gasteiger partial charge in [0.15, 0.2) is 0 Å². The van der Waals surface area contributed by atoms with Crippen LogP contribution in [0.25, 0.3) is 0 Å². The Hall–Kier alpha value is -0.780. The van der Waals surface area contributed by atoms with Gasteiger partial charge in [-0.25, -0.2) is 0 Å². The van der Waals surface area contributed by atoms with E-state index < -0.39 is 0 Å². The minimum atomic E-state index is 0.244. The molecule has 0 heteroatoms. The molecule has 0 saturated heterocycles. The van der Waals surface area contributed by atoms with Crippen molar-refractivity contribution in [3.8, 4) is 0 Å². The molecule has 15 heavy (non-hydrogen) atoms. The molecule has 1 atom stereocenters. The molecule has 84 valence electrons. The zero-order chi connectivity index (χ0) is 11.7. The van der Waals surface area contributed by atoms with Gasteiger partial charge < -0.3 is 0 Å². The monoisotopic (exact) mass is 204 g/mol. The van der Waals surface area contributed by atoms with Gasteiger partial charge in [0.25, 0.3) is 0 Å². The van der Waals surface area contributed by atoms with E-state index >= 15 is 0 Å². The van der Waals surface area contributed by atoms with E-state index in [9.17, 15) is 0 Å². The van der Waals surface area contributed by atoms with Gasteiger partial charge in [-0.05, 0) is 16.4 Å². The van der Waals surface area contributed by atoms with Crippen molar-refractivity contribution in [2.75, 3.05) is 0 Å². The van der Waals surface area contributed by atoms with Crippen LogP contribution in [0.15, 0.2) is 36.0 Å². The van der Waals surface area contributed by atoms with Gasteiger partial charge in [0, 0.05) is 5.92 Å². The van der Waals surface area contributed by atoms with Gasteiger partial charge in [0.05, 0.1) is 0 Å². The van der Waals surface area contributed by atoms with Crippen molar-refractivity contribution in [2.24, 2.45) is 16.7 Å². The molecule has 0 radical (unpaired) electrons. The van der Waals surface area contributed by atoms with Crippen LogP contribution in [0, 0.1) is 16.7 Å². The molecule has 0 aliphatic heterocycles. The Morgan fingerprint density at radius 1 is 0.933 bits per heavy atom. The lowest BCUT2D eigenvalue weighted by Gasteiger charge is -2.25. The van der Waals surface area contributed by atoms with E-state index in [1.165, 1.54) is 5.57 Å². The van der Waals surface area contributed by atoms with Gasteiger partial charge in [-0.15, -0.1) is 0 Å². The Labute approximate surface area is 94.8 Å². The van der Waals surface area contributed by atoms with Crippen LogP contribution < -0.4 is 0 Å². The highest BCUT2D eigenvalue weighted by atomic mass is 14.3. The zero-order valence-electron chi connectivity index (χ0n) is 11.0. The summed E-state index contributed by atoms with van der Waals surface area (Å²) < 4.78 is 0. The lowest BCUT2D eigenvalue weighted by atomic mass is 9.80. The maximum absolute atomic E-state index is 2.33. The summed E-state index contributed by atoms with van der Waals surface area (Å²) in [7, 11) is 0. The number of allylic oxidation sites excluding steroid dienone is 6. The molecule has 0 spiro atoms. The Morgan fingerprint density at radius 2 is 1.53 bits per heavy atom. The van der Waals surface area contributed by atoms with Gasteiger partial charge in [0.2, 0.25) is 0 Å². The van der Waals surface area contributed by atoms with Crippen LogP contribution in [0.2, 0.25) is 0 Å². The highest BCUT2D eigenvalue weighted by Gasteiger charge is 2.22. The Kier molecular flexibility index (Phi) is 3.28. The molecule has 1 aliphatic carbocycles. The van der Waals surface area contributed by atoms with Crippen molar-refractivity contribution < 1.29 is 0 Å². The van der Waals surface area contributed by atoms with Gasteiger partial charge >= 0.3 is 0 Å². The van der Waals surface area contributed by atoms with Gasteiger partial charge in [-0.3, -0.25) is 0 Å². The summed E-state index contributed by atoms with van der Waals surface area (Å²) in [5.41, 5.74) is 1.97. The molecule has 0 aromatic rings. The Morgan fingerprint density at radius 3 is 2.00 bits per heavy atom. The minimum Gasteiger partial charge on any atom is -0.0771 e. The maximum atomic E-state index is 2.33. The second-order valence-corrected chi connectivity index (χ2v) is 6.51. The normalized spacial score (nSPS) is 22.5. The average Bonchev–Trinajstić information content (AvgIpc) is 2.24. The first-order valence-corrected chi connectivity index (χ1v) is 5.78. The van der Waals surface area contributed by atoms with Crippen molar-refractivity contribution in [2.45, 2.75) is 41.5 Å². The fraction of sp³-hybridized carbons (Fsp3) is 0.600. The van der Waals surface area contributed by atoms with Crippen molar-refractivity contribution in [1.82, 2.24) is 0 Å². The summed E-state index contributed by atoms with van der Waals surface area (Å²) in [4.78, 5) is 0. The van der Waals surface area contributed by atoms with Crippen LogP contribution >= 0.6 is 0 Å². The van der Waals surface area contributed by atoms with Crippen molar-refractivity contribution in [3.63, 3.8) is 0 Å². The molecule has 0 aromatic heterocycles. The maximum Gasteiger partial charge on any atom is 0.000147 e. The first kappa shape index (κ1) is 12.3. The van der Waals surface area contributed by atoms with Gasteiger partial charge in [-0.2, -0.15) is 0 Å². The topological polar surface area (TPSA) is 0 Å². The van der Waals surface area contributed by atoms with E-state index in [4.69, 9.17) is 0 Å². The highest BCUT2D eigenvalue weighted by Crippen LogP contribution is 2.33. The molecule has 0 fully saturated rings. The molecule has 0 N–H and O–H groups in total. The molecule has 1 unspecified atom stereocenters. The lowest BCUT2D eigenvalue weighted by molar-refractivity contribution is 0.343. The molecular formula is C15H24. The van der Waals surface area contributed by atoms with E-state index in [1.807, 2.05) is 0 Å². The SMILES string of the molecule is CC(C)(C)C1=CC=CC(C(C)(C)C)C=C1. The largest absolute Gasteiger partial charge is 0.0771 e. The molecule has 0 bridgehead atoms. The van der Waals surface area contributed by atoms with Crippen LogP contribution in [-0.4, -0.2) is 0 Å². The smallest absolute Gasteiger partial charge is 0.000147 e. The fourth-order valence-electron chi connectivity index (χ4n) is 1.68. The van der Waals surface area contributed by atoms with Crippen molar-refractivity contribution in [1.29, 1.82) is 0 Å². The molecule has 0 amide bonds. The molecular weight excluding hydrogens is 180 g/mol. The van der Waals surface area contributed by atoms with Crippen LogP contribution in [0.5, 0.6) is 0 Å². The fourth-order valence-corrected chi connectivity index (χ4v) is 1.68. The van der Waals surface area contributed by atoms with Crippen LogP contribution in [0.1, 0.15) is 41.5 Å². The summed E-state index contributed by atoms with van der Waals surface area (Å²) in [6.07, 6.45) is 11.4. The number of hydrogen-bond donors (Lipinski definition) is 0. The third-order valence-corrected chi connectivity index (χ3v) is 2.94. The first-order valence-electron chi connectivity index (χ1n) is 5.78. The Bertz CT molecular complexity index is 300. The van der Waals surface area contributed by atoms with Crippen molar-refractivity contribution >= 4 is 0 Å². The predicted molar refractivity (Wildman–Crippen MR) is 68.8 cm³/mol. The lowest BCUT2D eigenvalue weighted by Crippen LogP contribution is -2.16. The van der Waals surface area contributed by atoms with Crippen LogP contribution in [0.3, 0.4) is 0 Å². The van der Waals surface area contributed by atoms with E-state index in [-0.39, 0.29) is 5.41 Å². The third kappa shape index (κ3) is 3.37. The zero-order valence-corrected chi connectivity index (χ0v) is 11.0. The molecule has 0 nitrogen and oxygen atoms in total. The second kappa shape index (κ2) is 4.00. The molecule has 0 heterocycles. The standard InChI is InChI=1S/C15H24/c1-14(2,3)12-8-7-9-13(11-10-12)15(4,5)6/h7-12H,1-6H3. The molecule has 1 rings (SSSR count). The summed E-state index contributed by atoms with van der Waals surface area (Å²) in [5, 5.41) is 0. The average molecular weight is 204 g/mol. The summed E-state index contributed by atoms with van der Waals surface area (Å²) in [6.45, 7) is 13.6. The van der Waals surface area contributed by atoms with Crippen LogP contribution in [-0.2, 0) is 0 Å². The van der Waals surface area contributed by atoms with E-state index in [1.54, 1.807) is 0 Å². The van der Waals surface area contributed by atoms with Gasteiger partial charge in [0.1, 0.15) is 0 Å². The number of rotatable bonds is 0. The minimum absolute atomic E-state index is 0.244. The quantitative estimate of drug-likeness (QED) is 0.534. The first-order chi connectivity index (χ1) is 6.71. The summed E-state index contributed by atoms with van der Waals surface area (Å²) in [6, 6.07) is 0. The highest BCUT2D eigenvalue weighted by molar-refractivity contribution is 5.33. The predicted octanol–water partition coefficient (Wildman–Crippen LogP) is 4.75. The summed E-state index contributed by atoms with van der Waals surface area (Å²) in [5.74, 6) is 0.536. The Balaban J connectivity index is 2.91. The van der Waals surface area contributed by atoms with Gasteiger partial charge in [-0.1, -0.05) is 71.9 Å². The molecule has 0 saturated carbocycles. The van der Waals surface area contributed by atoms with E-state index in [2.05, 4.69) is 71.9 Å². The molecule has 1 aliphatic rings. The van der Waals surface area contributed by atoms with Crippen LogP contribution in [0.4, 0.5) is 0 Å². The molecule has 0 aromatic carbocycles.